The van der Waals surface area contributed by atoms with E-state index in [4.69, 9.17) is 5.73 Å². The molecule has 68 valence electrons. The molecule has 2 heteroatoms. The van der Waals surface area contributed by atoms with Gasteiger partial charge in [0, 0.05) is 6.42 Å². The van der Waals surface area contributed by atoms with Gasteiger partial charge in [0.2, 0.25) is 5.91 Å². The molecule has 1 rings (SSSR count). The lowest BCUT2D eigenvalue weighted by Crippen LogP contribution is -2.09. The summed E-state index contributed by atoms with van der Waals surface area (Å²) in [5.74, 6) is -0.254. The third-order valence-electron chi connectivity index (χ3n) is 1.73. The first kappa shape index (κ1) is 9.52. The van der Waals surface area contributed by atoms with Crippen LogP contribution in [0, 0.1) is 0 Å². The van der Waals surface area contributed by atoms with Crippen LogP contribution in [0.1, 0.15) is 12.8 Å². The van der Waals surface area contributed by atoms with Gasteiger partial charge >= 0.3 is 0 Å². The van der Waals surface area contributed by atoms with Crippen LogP contribution in [0.15, 0.2) is 48.1 Å². The zero-order valence-corrected chi connectivity index (χ0v) is 7.44. The van der Waals surface area contributed by atoms with Crippen LogP contribution in [-0.4, -0.2) is 5.91 Å². The van der Waals surface area contributed by atoms with Crippen LogP contribution in [0.2, 0.25) is 0 Å². The van der Waals surface area contributed by atoms with Crippen LogP contribution < -0.4 is 5.73 Å². The fourth-order valence-electron chi connectivity index (χ4n) is 1.04. The van der Waals surface area contributed by atoms with Crippen molar-refractivity contribution in [1.29, 1.82) is 0 Å². The van der Waals surface area contributed by atoms with E-state index in [2.05, 4.69) is 0 Å². The lowest BCUT2D eigenvalue weighted by molar-refractivity contribution is -0.117. The van der Waals surface area contributed by atoms with Crippen LogP contribution >= 0.6 is 0 Å². The number of rotatable bonds is 3. The van der Waals surface area contributed by atoms with E-state index in [1.54, 1.807) is 0 Å². The van der Waals surface area contributed by atoms with E-state index in [-0.39, 0.29) is 5.91 Å². The van der Waals surface area contributed by atoms with Gasteiger partial charge in [-0.15, -0.1) is 0 Å². The average molecular weight is 175 g/mol. The van der Waals surface area contributed by atoms with E-state index in [1.165, 1.54) is 0 Å². The van der Waals surface area contributed by atoms with Crippen molar-refractivity contribution >= 4 is 5.91 Å². The fraction of sp³-hybridized carbons (Fsp3) is 0.182. The highest BCUT2D eigenvalue weighted by Crippen LogP contribution is 2.08. The Kier molecular flexibility index (Phi) is 3.76. The van der Waals surface area contributed by atoms with Crippen LogP contribution in [0.5, 0.6) is 0 Å². The topological polar surface area (TPSA) is 43.1 Å². The Hall–Kier alpha value is -1.57. The molecule has 1 aliphatic carbocycles. The summed E-state index contributed by atoms with van der Waals surface area (Å²) in [5.41, 5.74) is 6.18. The van der Waals surface area contributed by atoms with Crippen LogP contribution in [0.3, 0.4) is 0 Å². The lowest BCUT2D eigenvalue weighted by atomic mass is 10.1. The van der Waals surface area contributed by atoms with Crippen molar-refractivity contribution in [3.63, 3.8) is 0 Å². The molecule has 0 aromatic heterocycles. The predicted octanol–water partition coefficient (Wildman–Crippen LogP) is 1.86. The van der Waals surface area contributed by atoms with Crippen molar-refractivity contribution in [3.8, 4) is 0 Å². The van der Waals surface area contributed by atoms with Gasteiger partial charge < -0.3 is 5.73 Å². The second-order valence-electron chi connectivity index (χ2n) is 2.84. The maximum absolute atomic E-state index is 10.5. The summed E-state index contributed by atoms with van der Waals surface area (Å²) in [6.07, 6.45) is 14.9. The van der Waals surface area contributed by atoms with Crippen LogP contribution in [0.25, 0.3) is 0 Å². The number of carbonyl (C=O) groups excluding carboxylic acids is 1. The highest BCUT2D eigenvalue weighted by molar-refractivity contribution is 5.74. The van der Waals surface area contributed by atoms with Gasteiger partial charge in [0.25, 0.3) is 0 Å². The highest BCUT2D eigenvalue weighted by Gasteiger charge is 1.96. The molecular weight excluding hydrogens is 162 g/mol. The van der Waals surface area contributed by atoms with Crippen molar-refractivity contribution in [3.05, 3.63) is 48.1 Å². The SMILES string of the molecule is NC(=O)CCC1=C/C=C\C=C/C=C\1. The number of carbonyl (C=O) groups is 1. The zero-order valence-electron chi connectivity index (χ0n) is 7.44. The third kappa shape index (κ3) is 4.11. The van der Waals surface area contributed by atoms with Crippen LogP contribution in [-0.2, 0) is 4.79 Å². The monoisotopic (exact) mass is 175 g/mol. The van der Waals surface area contributed by atoms with E-state index < -0.39 is 0 Å². The molecule has 1 amide bonds. The third-order valence-corrected chi connectivity index (χ3v) is 1.73. The van der Waals surface area contributed by atoms with Gasteiger partial charge in [-0.1, -0.05) is 42.5 Å². The number of amides is 1. The van der Waals surface area contributed by atoms with Crippen molar-refractivity contribution in [1.82, 2.24) is 0 Å². The Bertz CT molecular complexity index is 295. The van der Waals surface area contributed by atoms with Crippen LogP contribution in [0.4, 0.5) is 0 Å². The van der Waals surface area contributed by atoms with Gasteiger partial charge in [0.1, 0.15) is 0 Å². The molecule has 0 saturated heterocycles. The first-order valence-electron chi connectivity index (χ1n) is 4.28. The maximum Gasteiger partial charge on any atom is 0.217 e. The number of hydrogen-bond donors (Lipinski definition) is 1. The van der Waals surface area contributed by atoms with Crippen molar-refractivity contribution < 1.29 is 4.79 Å². The van der Waals surface area contributed by atoms with Gasteiger partial charge in [0.05, 0.1) is 0 Å². The molecular formula is C11H13NO. The summed E-state index contributed by atoms with van der Waals surface area (Å²) < 4.78 is 0. The van der Waals surface area contributed by atoms with Crippen molar-refractivity contribution in [2.24, 2.45) is 5.73 Å². The lowest BCUT2D eigenvalue weighted by Gasteiger charge is -1.98. The largest absolute Gasteiger partial charge is 0.370 e. The van der Waals surface area contributed by atoms with E-state index in [1.807, 2.05) is 42.5 Å². The predicted molar refractivity (Wildman–Crippen MR) is 53.9 cm³/mol. The van der Waals surface area contributed by atoms with E-state index >= 15 is 0 Å². The van der Waals surface area contributed by atoms with Crippen molar-refractivity contribution in [2.75, 3.05) is 0 Å². The number of hydrogen-bond acceptors (Lipinski definition) is 1. The minimum Gasteiger partial charge on any atom is -0.370 e. The minimum atomic E-state index is -0.254. The first-order chi connectivity index (χ1) is 6.29. The summed E-state index contributed by atoms with van der Waals surface area (Å²) >= 11 is 0. The quantitative estimate of drug-likeness (QED) is 0.699. The second kappa shape index (κ2) is 5.14. The standard InChI is InChI=1S/C11H13NO/c12-11(13)9-8-10-6-4-2-1-3-5-7-10/h1-7H,8-9H2,(H2,12,13)/b2-1-,3-1?,4-2?,5-3-,6-4-,7-5?,10-6?,10-7+. The smallest absolute Gasteiger partial charge is 0.217 e. The summed E-state index contributed by atoms with van der Waals surface area (Å²) in [4.78, 5) is 10.5. The molecule has 0 heterocycles. The molecule has 13 heavy (non-hydrogen) atoms. The Morgan fingerprint density at radius 3 is 2.62 bits per heavy atom. The molecule has 0 unspecified atom stereocenters. The molecule has 0 fully saturated rings. The van der Waals surface area contributed by atoms with Crippen molar-refractivity contribution in [2.45, 2.75) is 12.8 Å². The second-order valence-corrected chi connectivity index (χ2v) is 2.84. The highest BCUT2D eigenvalue weighted by atomic mass is 16.1. The molecule has 0 spiro atoms. The summed E-state index contributed by atoms with van der Waals surface area (Å²) in [6, 6.07) is 0. The summed E-state index contributed by atoms with van der Waals surface area (Å²) in [5, 5.41) is 0. The molecule has 0 atom stereocenters. The van der Waals surface area contributed by atoms with Gasteiger partial charge in [-0.2, -0.15) is 0 Å². The fourth-order valence-corrected chi connectivity index (χ4v) is 1.04. The molecule has 0 bridgehead atoms. The van der Waals surface area contributed by atoms with Gasteiger partial charge in [-0.25, -0.2) is 0 Å². The number of nitrogens with two attached hydrogens (primary N) is 1. The average Bonchev–Trinajstić information content (AvgIpc) is 2.01. The Labute approximate surface area is 78.1 Å². The molecule has 0 aromatic carbocycles. The Balaban J connectivity index is 2.53. The minimum absolute atomic E-state index is 0.254. The Morgan fingerprint density at radius 2 is 1.85 bits per heavy atom. The van der Waals surface area contributed by atoms with Gasteiger partial charge in [0.15, 0.2) is 0 Å². The van der Waals surface area contributed by atoms with Gasteiger partial charge in [-0.3, -0.25) is 4.79 Å². The maximum atomic E-state index is 10.5. The molecule has 0 aromatic rings. The van der Waals surface area contributed by atoms with E-state index in [9.17, 15) is 4.79 Å². The zero-order chi connectivity index (χ0) is 9.52. The van der Waals surface area contributed by atoms with Gasteiger partial charge in [-0.05, 0) is 12.0 Å². The van der Waals surface area contributed by atoms with E-state index in [0.717, 1.165) is 5.57 Å². The van der Waals surface area contributed by atoms with E-state index in [0.29, 0.717) is 12.8 Å². The number of allylic oxidation sites excluding steroid dienone is 8. The summed E-state index contributed by atoms with van der Waals surface area (Å²) in [7, 11) is 0. The molecule has 0 saturated carbocycles. The molecule has 1 aliphatic rings. The molecule has 0 aliphatic heterocycles. The molecule has 2 N–H and O–H groups in total. The Morgan fingerprint density at radius 1 is 1.15 bits per heavy atom. The molecule has 2 nitrogen and oxygen atoms in total. The molecule has 0 radical (unpaired) electrons. The number of primary amides is 1. The summed E-state index contributed by atoms with van der Waals surface area (Å²) in [6.45, 7) is 0. The normalized spacial score (nSPS) is 26.3. The first-order valence-corrected chi connectivity index (χ1v) is 4.28.